The topological polar surface area (TPSA) is 41.1 Å². The molecule has 1 rings (SSSR count). The van der Waals surface area contributed by atoms with E-state index in [1.165, 1.54) is 0 Å². The van der Waals surface area contributed by atoms with E-state index >= 15 is 0 Å². The fourth-order valence-corrected chi connectivity index (χ4v) is 1.72. The second kappa shape index (κ2) is 5.03. The number of carbonyl (C=O) groups is 1. The van der Waals surface area contributed by atoms with Crippen molar-refractivity contribution >= 4 is 17.5 Å². The predicted molar refractivity (Wildman–Crippen MR) is 49.7 cm³/mol. The Bertz CT molecular complexity index is 234. The van der Waals surface area contributed by atoms with Crippen molar-refractivity contribution in [2.45, 2.75) is 18.6 Å². The van der Waals surface area contributed by atoms with E-state index in [9.17, 15) is 18.0 Å². The van der Waals surface area contributed by atoms with E-state index in [1.54, 1.807) is 0 Å². The zero-order chi connectivity index (χ0) is 11.5. The summed E-state index contributed by atoms with van der Waals surface area (Å²) in [5.41, 5.74) is 0. The lowest BCUT2D eigenvalue weighted by molar-refractivity contribution is -0.187. The van der Waals surface area contributed by atoms with E-state index in [4.69, 9.17) is 11.6 Å². The number of amides is 1. The van der Waals surface area contributed by atoms with Crippen molar-refractivity contribution in [1.82, 2.24) is 10.6 Å². The Hall–Kier alpha value is -0.490. The first-order chi connectivity index (χ1) is 6.95. The maximum Gasteiger partial charge on any atom is 0.393 e. The molecule has 1 heterocycles. The highest BCUT2D eigenvalue weighted by Gasteiger charge is 2.45. The van der Waals surface area contributed by atoms with Gasteiger partial charge in [-0.1, -0.05) is 0 Å². The summed E-state index contributed by atoms with van der Waals surface area (Å²) in [7, 11) is 0. The van der Waals surface area contributed by atoms with Gasteiger partial charge in [-0.3, -0.25) is 4.79 Å². The van der Waals surface area contributed by atoms with Crippen molar-refractivity contribution in [1.29, 1.82) is 0 Å². The van der Waals surface area contributed by atoms with Crippen molar-refractivity contribution in [2.24, 2.45) is 5.92 Å². The molecule has 0 saturated carbocycles. The third-order valence-electron chi connectivity index (χ3n) is 2.37. The standard InChI is InChI=1S/C8H12ClF3N2O/c9-3-7(15)14-6-4-13-2-1-5(6)8(10,11)12/h5-6,13H,1-4H2,(H,14,15). The molecule has 0 radical (unpaired) electrons. The molecule has 0 aromatic heterocycles. The van der Waals surface area contributed by atoms with Crippen LogP contribution in [0.5, 0.6) is 0 Å². The van der Waals surface area contributed by atoms with Crippen LogP contribution in [0, 0.1) is 5.92 Å². The third kappa shape index (κ3) is 3.53. The van der Waals surface area contributed by atoms with Crippen LogP contribution in [0.4, 0.5) is 13.2 Å². The number of piperidine rings is 1. The highest BCUT2D eigenvalue weighted by Crippen LogP contribution is 2.32. The molecule has 0 spiro atoms. The van der Waals surface area contributed by atoms with Gasteiger partial charge in [0.1, 0.15) is 5.88 Å². The molecule has 1 aliphatic rings. The van der Waals surface area contributed by atoms with Crippen molar-refractivity contribution in [3.05, 3.63) is 0 Å². The number of nitrogens with one attached hydrogen (secondary N) is 2. The van der Waals surface area contributed by atoms with Gasteiger partial charge < -0.3 is 10.6 Å². The largest absolute Gasteiger partial charge is 0.393 e. The first-order valence-electron chi connectivity index (χ1n) is 4.58. The van der Waals surface area contributed by atoms with Crippen LogP contribution in [-0.4, -0.2) is 37.1 Å². The molecule has 0 aliphatic carbocycles. The number of carbonyl (C=O) groups excluding carboxylic acids is 1. The van der Waals surface area contributed by atoms with Crippen molar-refractivity contribution in [3.8, 4) is 0 Å². The van der Waals surface area contributed by atoms with Gasteiger partial charge in [0.25, 0.3) is 0 Å². The molecule has 0 bridgehead atoms. The molecule has 2 unspecified atom stereocenters. The Morgan fingerprint density at radius 1 is 1.53 bits per heavy atom. The summed E-state index contributed by atoms with van der Waals surface area (Å²) in [6.45, 7) is 0.449. The second-order valence-corrected chi connectivity index (χ2v) is 3.72. The maximum absolute atomic E-state index is 12.5. The Balaban J connectivity index is 2.62. The molecular formula is C8H12ClF3N2O. The molecule has 1 amide bonds. The average molecular weight is 245 g/mol. The van der Waals surface area contributed by atoms with Gasteiger partial charge in [0, 0.05) is 6.54 Å². The Morgan fingerprint density at radius 3 is 2.73 bits per heavy atom. The number of halogens is 4. The molecule has 15 heavy (non-hydrogen) atoms. The van der Waals surface area contributed by atoms with E-state index in [-0.39, 0.29) is 18.8 Å². The fraction of sp³-hybridized carbons (Fsp3) is 0.875. The van der Waals surface area contributed by atoms with Crippen LogP contribution in [0.2, 0.25) is 0 Å². The predicted octanol–water partition coefficient (Wildman–Crippen LogP) is 0.882. The maximum atomic E-state index is 12.5. The van der Waals surface area contributed by atoms with E-state index in [2.05, 4.69) is 10.6 Å². The first kappa shape index (κ1) is 12.6. The van der Waals surface area contributed by atoms with Crippen LogP contribution >= 0.6 is 11.6 Å². The molecule has 1 saturated heterocycles. The zero-order valence-corrected chi connectivity index (χ0v) is 8.66. The number of hydrogen-bond acceptors (Lipinski definition) is 2. The molecule has 0 aromatic carbocycles. The van der Waals surface area contributed by atoms with Crippen LogP contribution in [-0.2, 0) is 4.79 Å². The number of alkyl halides is 4. The second-order valence-electron chi connectivity index (χ2n) is 3.45. The summed E-state index contributed by atoms with van der Waals surface area (Å²) in [6.07, 6.45) is -4.29. The van der Waals surface area contributed by atoms with Crippen LogP contribution in [0.1, 0.15) is 6.42 Å². The third-order valence-corrected chi connectivity index (χ3v) is 2.61. The minimum atomic E-state index is -4.27. The summed E-state index contributed by atoms with van der Waals surface area (Å²) < 4.78 is 37.6. The Kier molecular flexibility index (Phi) is 4.21. The van der Waals surface area contributed by atoms with Gasteiger partial charge in [0.05, 0.1) is 12.0 Å². The van der Waals surface area contributed by atoms with Crippen molar-refractivity contribution in [3.63, 3.8) is 0 Å². The molecule has 1 fully saturated rings. The monoisotopic (exact) mass is 244 g/mol. The average Bonchev–Trinajstić information content (AvgIpc) is 2.17. The van der Waals surface area contributed by atoms with Crippen LogP contribution in [0.15, 0.2) is 0 Å². The van der Waals surface area contributed by atoms with Gasteiger partial charge in [-0.25, -0.2) is 0 Å². The molecule has 88 valence electrons. The van der Waals surface area contributed by atoms with Gasteiger partial charge in [0.15, 0.2) is 0 Å². The van der Waals surface area contributed by atoms with Crippen LogP contribution in [0.3, 0.4) is 0 Å². The minimum absolute atomic E-state index is 0.0171. The van der Waals surface area contributed by atoms with E-state index in [0.29, 0.717) is 6.54 Å². The summed E-state index contributed by atoms with van der Waals surface area (Å²) >= 11 is 5.22. The molecule has 2 atom stereocenters. The number of hydrogen-bond donors (Lipinski definition) is 2. The lowest BCUT2D eigenvalue weighted by Gasteiger charge is -2.33. The van der Waals surface area contributed by atoms with E-state index < -0.39 is 24.0 Å². The van der Waals surface area contributed by atoms with Crippen LogP contribution < -0.4 is 10.6 Å². The molecule has 1 aliphatic heterocycles. The highest BCUT2D eigenvalue weighted by molar-refractivity contribution is 6.27. The molecule has 3 nitrogen and oxygen atoms in total. The van der Waals surface area contributed by atoms with E-state index in [1.807, 2.05) is 0 Å². The van der Waals surface area contributed by atoms with Gasteiger partial charge in [-0.2, -0.15) is 13.2 Å². The summed E-state index contributed by atoms with van der Waals surface area (Å²) in [5, 5.41) is 5.08. The summed E-state index contributed by atoms with van der Waals surface area (Å²) in [6, 6.07) is -0.912. The van der Waals surface area contributed by atoms with Crippen LogP contribution in [0.25, 0.3) is 0 Å². The minimum Gasteiger partial charge on any atom is -0.350 e. The highest BCUT2D eigenvalue weighted by atomic mass is 35.5. The lowest BCUT2D eigenvalue weighted by Crippen LogP contribution is -2.55. The first-order valence-corrected chi connectivity index (χ1v) is 5.11. The van der Waals surface area contributed by atoms with Gasteiger partial charge in [-0.15, -0.1) is 11.6 Å². The van der Waals surface area contributed by atoms with Crippen molar-refractivity contribution < 1.29 is 18.0 Å². The molecule has 0 aromatic rings. The van der Waals surface area contributed by atoms with Crippen molar-refractivity contribution in [2.75, 3.05) is 19.0 Å². The fourth-order valence-electron chi connectivity index (χ4n) is 1.65. The molecule has 7 heteroatoms. The Labute approximate surface area is 90.3 Å². The summed E-state index contributed by atoms with van der Waals surface area (Å²) in [4.78, 5) is 10.9. The quantitative estimate of drug-likeness (QED) is 0.708. The summed E-state index contributed by atoms with van der Waals surface area (Å²) in [5.74, 6) is -2.37. The molecular weight excluding hydrogens is 233 g/mol. The van der Waals surface area contributed by atoms with Gasteiger partial charge in [0.2, 0.25) is 5.91 Å². The molecule has 2 N–H and O–H groups in total. The van der Waals surface area contributed by atoms with Gasteiger partial charge >= 0.3 is 6.18 Å². The number of rotatable bonds is 2. The Morgan fingerprint density at radius 2 is 2.20 bits per heavy atom. The van der Waals surface area contributed by atoms with Gasteiger partial charge in [-0.05, 0) is 13.0 Å². The normalized spacial score (nSPS) is 27.5. The zero-order valence-electron chi connectivity index (χ0n) is 7.90. The SMILES string of the molecule is O=C(CCl)NC1CNCCC1C(F)(F)F. The lowest BCUT2D eigenvalue weighted by atomic mass is 9.92. The van der Waals surface area contributed by atoms with E-state index in [0.717, 1.165) is 0 Å². The smallest absolute Gasteiger partial charge is 0.350 e.